The van der Waals surface area contributed by atoms with Gasteiger partial charge in [0.1, 0.15) is 5.75 Å². The van der Waals surface area contributed by atoms with Crippen LogP contribution >= 0.6 is 12.4 Å². The van der Waals surface area contributed by atoms with Crippen molar-refractivity contribution in [2.75, 3.05) is 14.2 Å². The molecular formula is C17H24ClN3O2. The van der Waals surface area contributed by atoms with Crippen LogP contribution in [0.25, 0.3) is 0 Å². The monoisotopic (exact) mass is 337 g/mol. The number of hydrogen-bond acceptors (Lipinski definition) is 5. The molecule has 0 saturated heterocycles. The van der Waals surface area contributed by atoms with Crippen LogP contribution in [0, 0.1) is 6.92 Å². The highest BCUT2D eigenvalue weighted by molar-refractivity contribution is 5.85. The van der Waals surface area contributed by atoms with E-state index in [1.165, 1.54) is 5.56 Å². The number of nitrogens with one attached hydrogen (secondary N) is 1. The minimum absolute atomic E-state index is 0. The lowest BCUT2D eigenvalue weighted by Gasteiger charge is -2.13. The first-order valence-corrected chi connectivity index (χ1v) is 7.74. The summed E-state index contributed by atoms with van der Waals surface area (Å²) in [5.74, 6) is 2.41. The molecule has 5 nitrogen and oxygen atoms in total. The van der Waals surface area contributed by atoms with Gasteiger partial charge < -0.3 is 14.6 Å². The van der Waals surface area contributed by atoms with Crippen molar-refractivity contribution in [2.24, 2.45) is 0 Å². The Hall–Kier alpha value is -1.59. The van der Waals surface area contributed by atoms with Crippen LogP contribution < -0.4 is 10.1 Å². The number of benzene rings is 1. The van der Waals surface area contributed by atoms with E-state index in [0.717, 1.165) is 42.3 Å². The van der Waals surface area contributed by atoms with Gasteiger partial charge in [0.2, 0.25) is 5.89 Å². The molecule has 0 aliphatic heterocycles. The third-order valence-corrected chi connectivity index (χ3v) is 4.57. The van der Waals surface area contributed by atoms with E-state index in [4.69, 9.17) is 9.26 Å². The minimum atomic E-state index is -0.116. The molecule has 1 aromatic carbocycles. The molecule has 1 unspecified atom stereocenters. The van der Waals surface area contributed by atoms with E-state index in [2.05, 4.69) is 40.6 Å². The number of halogens is 1. The van der Waals surface area contributed by atoms with Gasteiger partial charge in [-0.1, -0.05) is 17.3 Å². The highest BCUT2D eigenvalue weighted by Crippen LogP contribution is 2.53. The SMILES string of the molecule is CNC(C)Cc1noc(C2(c3ccc(C)c(OC)c3)CC2)n1.Cl. The fraction of sp³-hybridized carbons (Fsp3) is 0.529. The molecule has 3 rings (SSSR count). The first-order chi connectivity index (χ1) is 10.6. The van der Waals surface area contributed by atoms with Crippen molar-refractivity contribution in [1.29, 1.82) is 0 Å². The number of ether oxygens (including phenoxy) is 1. The maximum absolute atomic E-state index is 5.57. The normalized spacial score (nSPS) is 16.5. The molecule has 0 bridgehead atoms. The standard InChI is InChI=1S/C17H23N3O2.ClH/c1-11-5-6-13(10-14(11)21-4)17(7-8-17)16-19-15(20-22-16)9-12(2)18-3;/h5-6,10,12,18H,7-9H2,1-4H3;1H. The van der Waals surface area contributed by atoms with Gasteiger partial charge >= 0.3 is 0 Å². The first-order valence-electron chi connectivity index (χ1n) is 7.74. The van der Waals surface area contributed by atoms with Gasteiger partial charge in [0.05, 0.1) is 12.5 Å². The van der Waals surface area contributed by atoms with Crippen LogP contribution in [0.4, 0.5) is 0 Å². The van der Waals surface area contributed by atoms with Crippen LogP contribution in [-0.2, 0) is 11.8 Å². The largest absolute Gasteiger partial charge is 0.496 e. The number of rotatable bonds is 6. The molecule has 1 N–H and O–H groups in total. The quantitative estimate of drug-likeness (QED) is 0.878. The summed E-state index contributed by atoms with van der Waals surface area (Å²) in [6, 6.07) is 6.67. The maximum Gasteiger partial charge on any atom is 0.237 e. The van der Waals surface area contributed by atoms with E-state index in [9.17, 15) is 0 Å². The van der Waals surface area contributed by atoms with Gasteiger partial charge in [-0.3, -0.25) is 0 Å². The van der Waals surface area contributed by atoms with Gasteiger partial charge in [-0.15, -0.1) is 12.4 Å². The molecule has 0 amide bonds. The molecule has 1 fully saturated rings. The van der Waals surface area contributed by atoms with Crippen molar-refractivity contribution in [1.82, 2.24) is 15.5 Å². The fourth-order valence-corrected chi connectivity index (χ4v) is 2.78. The molecule has 0 spiro atoms. The molecule has 6 heteroatoms. The van der Waals surface area contributed by atoms with E-state index in [0.29, 0.717) is 6.04 Å². The Labute approximate surface area is 143 Å². The zero-order valence-electron chi connectivity index (χ0n) is 14.0. The van der Waals surface area contributed by atoms with Gasteiger partial charge in [-0.2, -0.15) is 4.98 Å². The van der Waals surface area contributed by atoms with Crippen molar-refractivity contribution < 1.29 is 9.26 Å². The number of nitrogens with zero attached hydrogens (tertiary/aromatic N) is 2. The van der Waals surface area contributed by atoms with E-state index in [-0.39, 0.29) is 17.8 Å². The van der Waals surface area contributed by atoms with Crippen LogP contribution in [0.5, 0.6) is 5.75 Å². The van der Waals surface area contributed by atoms with Crippen molar-refractivity contribution in [3.63, 3.8) is 0 Å². The summed E-state index contributed by atoms with van der Waals surface area (Å²) < 4.78 is 11.0. The topological polar surface area (TPSA) is 60.2 Å². The Morgan fingerprint density at radius 1 is 1.39 bits per heavy atom. The van der Waals surface area contributed by atoms with Crippen molar-refractivity contribution in [2.45, 2.75) is 44.6 Å². The van der Waals surface area contributed by atoms with E-state index in [1.54, 1.807) is 7.11 Å². The predicted molar refractivity (Wildman–Crippen MR) is 91.5 cm³/mol. The van der Waals surface area contributed by atoms with Crippen molar-refractivity contribution >= 4 is 12.4 Å². The van der Waals surface area contributed by atoms with Gasteiger partial charge in [-0.25, -0.2) is 0 Å². The second kappa shape index (κ2) is 6.89. The molecule has 2 aromatic rings. The number of likely N-dealkylation sites (N-methyl/N-ethyl adjacent to an activating group) is 1. The lowest BCUT2D eigenvalue weighted by Crippen LogP contribution is -2.24. The zero-order valence-corrected chi connectivity index (χ0v) is 14.9. The van der Waals surface area contributed by atoms with Crippen molar-refractivity contribution in [3.05, 3.63) is 41.0 Å². The average molecular weight is 338 g/mol. The summed E-state index contributed by atoms with van der Waals surface area (Å²) >= 11 is 0. The number of methoxy groups -OCH3 is 1. The second-order valence-electron chi connectivity index (χ2n) is 6.18. The fourth-order valence-electron chi connectivity index (χ4n) is 2.78. The molecule has 1 heterocycles. The van der Waals surface area contributed by atoms with E-state index < -0.39 is 0 Å². The average Bonchev–Trinajstić information content (AvgIpc) is 3.21. The predicted octanol–water partition coefficient (Wildman–Crippen LogP) is 3.04. The Morgan fingerprint density at radius 3 is 2.74 bits per heavy atom. The number of aromatic nitrogens is 2. The first kappa shape index (κ1) is 17.8. The van der Waals surface area contributed by atoms with Gasteiger partial charge in [0.25, 0.3) is 0 Å². The molecule has 23 heavy (non-hydrogen) atoms. The Morgan fingerprint density at radius 2 is 2.13 bits per heavy atom. The summed E-state index contributed by atoms with van der Waals surface area (Å²) in [7, 11) is 3.64. The maximum atomic E-state index is 5.57. The van der Waals surface area contributed by atoms with Gasteiger partial charge in [-0.05, 0) is 50.9 Å². The lowest BCUT2D eigenvalue weighted by molar-refractivity contribution is 0.353. The van der Waals surface area contributed by atoms with E-state index in [1.807, 2.05) is 14.0 Å². The zero-order chi connectivity index (χ0) is 15.7. The number of aryl methyl sites for hydroxylation is 1. The third-order valence-electron chi connectivity index (χ3n) is 4.57. The summed E-state index contributed by atoms with van der Waals surface area (Å²) in [6.07, 6.45) is 2.86. The summed E-state index contributed by atoms with van der Waals surface area (Å²) in [5.41, 5.74) is 2.22. The van der Waals surface area contributed by atoms with Crippen LogP contribution in [0.15, 0.2) is 22.7 Å². The Bertz CT molecular complexity index is 668. The molecule has 1 aliphatic rings. The molecule has 0 radical (unpaired) electrons. The van der Waals surface area contributed by atoms with Gasteiger partial charge in [0.15, 0.2) is 5.82 Å². The highest BCUT2D eigenvalue weighted by atomic mass is 35.5. The van der Waals surface area contributed by atoms with Crippen molar-refractivity contribution in [3.8, 4) is 5.75 Å². The second-order valence-corrected chi connectivity index (χ2v) is 6.18. The van der Waals surface area contributed by atoms with Gasteiger partial charge in [0, 0.05) is 12.5 Å². The van der Waals surface area contributed by atoms with E-state index >= 15 is 0 Å². The molecule has 1 aliphatic carbocycles. The summed E-state index contributed by atoms with van der Waals surface area (Å²) in [4.78, 5) is 4.63. The van der Waals surface area contributed by atoms with Crippen LogP contribution in [0.2, 0.25) is 0 Å². The lowest BCUT2D eigenvalue weighted by atomic mass is 9.94. The summed E-state index contributed by atoms with van der Waals surface area (Å²) in [6.45, 7) is 4.15. The molecule has 1 saturated carbocycles. The highest BCUT2D eigenvalue weighted by Gasteiger charge is 2.51. The Balaban J connectivity index is 0.00000192. The summed E-state index contributed by atoms with van der Waals surface area (Å²) in [5, 5.41) is 7.33. The van der Waals surface area contributed by atoms with Crippen LogP contribution in [0.3, 0.4) is 0 Å². The van der Waals surface area contributed by atoms with Crippen LogP contribution in [0.1, 0.15) is 42.6 Å². The third kappa shape index (κ3) is 3.35. The molecule has 1 atom stereocenters. The molecule has 1 aromatic heterocycles. The molecular weight excluding hydrogens is 314 g/mol. The smallest absolute Gasteiger partial charge is 0.237 e. The van der Waals surface area contributed by atoms with Crippen LogP contribution in [-0.4, -0.2) is 30.3 Å². The number of hydrogen-bond donors (Lipinski definition) is 1. The minimum Gasteiger partial charge on any atom is -0.496 e. The Kier molecular flexibility index (Phi) is 5.32. The molecule has 126 valence electrons.